The summed E-state index contributed by atoms with van der Waals surface area (Å²) >= 11 is 0. The molecule has 0 radical (unpaired) electrons. The first-order valence-electron chi connectivity index (χ1n) is 10.8. The van der Waals surface area contributed by atoms with Crippen LogP contribution in [0.1, 0.15) is 32.6 Å². The standard InChI is InChI=1S/C29H27NO2/c1-23-17-19-27(20-18-23)29(32,26-15-9-4-10-16-26)22-30(21-24-11-5-2-6-12-24)28(31)25-13-7-3-8-14-25/h2-20,32H,21-22H2,1H3/t29-/m1/s1. The van der Waals surface area contributed by atoms with Crippen LogP contribution < -0.4 is 0 Å². The Balaban J connectivity index is 1.77. The van der Waals surface area contributed by atoms with Crippen LogP contribution in [0.15, 0.2) is 115 Å². The van der Waals surface area contributed by atoms with Gasteiger partial charge in [0.1, 0.15) is 5.60 Å². The summed E-state index contributed by atoms with van der Waals surface area (Å²) in [4.78, 5) is 15.3. The van der Waals surface area contributed by atoms with Crippen molar-refractivity contribution in [2.75, 3.05) is 6.54 Å². The van der Waals surface area contributed by atoms with Crippen molar-refractivity contribution in [1.82, 2.24) is 4.90 Å². The topological polar surface area (TPSA) is 40.5 Å². The lowest BCUT2D eigenvalue weighted by atomic mass is 9.85. The van der Waals surface area contributed by atoms with E-state index >= 15 is 0 Å². The molecule has 1 N–H and O–H groups in total. The van der Waals surface area contributed by atoms with Crippen LogP contribution in [0.4, 0.5) is 0 Å². The van der Waals surface area contributed by atoms with Crippen LogP contribution in [0.5, 0.6) is 0 Å². The van der Waals surface area contributed by atoms with E-state index in [-0.39, 0.29) is 12.5 Å². The van der Waals surface area contributed by atoms with E-state index in [1.807, 2.05) is 122 Å². The van der Waals surface area contributed by atoms with Crippen LogP contribution in [0.3, 0.4) is 0 Å². The molecule has 1 amide bonds. The van der Waals surface area contributed by atoms with E-state index in [1.165, 1.54) is 0 Å². The molecule has 32 heavy (non-hydrogen) atoms. The van der Waals surface area contributed by atoms with Crippen molar-refractivity contribution in [3.05, 3.63) is 143 Å². The molecule has 4 aromatic rings. The number of nitrogens with zero attached hydrogens (tertiary/aromatic N) is 1. The van der Waals surface area contributed by atoms with Crippen LogP contribution in [-0.4, -0.2) is 22.5 Å². The number of hydrogen-bond donors (Lipinski definition) is 1. The van der Waals surface area contributed by atoms with Gasteiger partial charge in [-0.2, -0.15) is 0 Å². The predicted molar refractivity (Wildman–Crippen MR) is 128 cm³/mol. The van der Waals surface area contributed by atoms with Gasteiger partial charge < -0.3 is 10.0 Å². The Morgan fingerprint density at radius 2 is 1.22 bits per heavy atom. The molecule has 0 bridgehead atoms. The fourth-order valence-corrected chi connectivity index (χ4v) is 3.94. The van der Waals surface area contributed by atoms with E-state index < -0.39 is 5.60 Å². The van der Waals surface area contributed by atoms with E-state index in [1.54, 1.807) is 4.90 Å². The molecule has 0 saturated heterocycles. The third-order valence-electron chi connectivity index (χ3n) is 5.72. The minimum atomic E-state index is -1.35. The van der Waals surface area contributed by atoms with E-state index in [0.717, 1.165) is 22.3 Å². The molecule has 0 unspecified atom stereocenters. The molecule has 0 spiro atoms. The van der Waals surface area contributed by atoms with Crippen molar-refractivity contribution >= 4 is 5.91 Å². The summed E-state index contributed by atoms with van der Waals surface area (Å²) in [6.45, 7) is 2.55. The Hall–Kier alpha value is -3.69. The predicted octanol–water partition coefficient (Wildman–Crippen LogP) is 5.57. The van der Waals surface area contributed by atoms with Crippen LogP contribution in [0.2, 0.25) is 0 Å². The quantitative estimate of drug-likeness (QED) is 0.424. The summed E-state index contributed by atoms with van der Waals surface area (Å²) in [6.07, 6.45) is 0. The van der Waals surface area contributed by atoms with Crippen molar-refractivity contribution in [3.8, 4) is 0 Å². The first kappa shape index (κ1) is 21.5. The smallest absolute Gasteiger partial charge is 0.254 e. The molecule has 0 aliphatic heterocycles. The van der Waals surface area contributed by atoms with Gasteiger partial charge in [0, 0.05) is 12.1 Å². The fraction of sp³-hybridized carbons (Fsp3) is 0.138. The highest BCUT2D eigenvalue weighted by atomic mass is 16.3. The summed E-state index contributed by atoms with van der Waals surface area (Å²) in [5, 5.41) is 12.1. The van der Waals surface area contributed by atoms with Crippen molar-refractivity contribution in [2.24, 2.45) is 0 Å². The molecule has 4 aromatic carbocycles. The molecule has 0 saturated carbocycles. The number of aryl methyl sites for hydroxylation is 1. The number of carbonyl (C=O) groups is 1. The summed E-state index contributed by atoms with van der Waals surface area (Å²) in [6, 6.07) is 36.5. The largest absolute Gasteiger partial charge is 0.379 e. The maximum atomic E-state index is 13.6. The van der Waals surface area contributed by atoms with Crippen LogP contribution in [0, 0.1) is 6.92 Å². The summed E-state index contributed by atoms with van der Waals surface area (Å²) < 4.78 is 0. The third-order valence-corrected chi connectivity index (χ3v) is 5.72. The maximum absolute atomic E-state index is 13.6. The van der Waals surface area contributed by atoms with Gasteiger partial charge in [-0.1, -0.05) is 109 Å². The molecule has 1 atom stereocenters. The molecular weight excluding hydrogens is 394 g/mol. The molecular formula is C29H27NO2. The van der Waals surface area contributed by atoms with Gasteiger partial charge >= 0.3 is 0 Å². The molecule has 0 fully saturated rings. The Morgan fingerprint density at radius 1 is 0.719 bits per heavy atom. The summed E-state index contributed by atoms with van der Waals surface area (Å²) in [5.41, 5.74) is 2.88. The minimum Gasteiger partial charge on any atom is -0.379 e. The monoisotopic (exact) mass is 421 g/mol. The lowest BCUT2D eigenvalue weighted by molar-refractivity contribution is 0.0275. The van der Waals surface area contributed by atoms with Gasteiger partial charge in [0.25, 0.3) is 5.91 Å². The highest BCUT2D eigenvalue weighted by molar-refractivity contribution is 5.94. The van der Waals surface area contributed by atoms with Gasteiger partial charge in [0.05, 0.1) is 6.54 Å². The van der Waals surface area contributed by atoms with Gasteiger partial charge in [0.2, 0.25) is 0 Å². The zero-order chi connectivity index (χ0) is 22.4. The molecule has 0 aliphatic carbocycles. The lowest BCUT2D eigenvalue weighted by Crippen LogP contribution is -2.44. The molecule has 0 aliphatic rings. The van der Waals surface area contributed by atoms with Crippen LogP contribution in [0.25, 0.3) is 0 Å². The van der Waals surface area contributed by atoms with E-state index in [9.17, 15) is 9.90 Å². The minimum absolute atomic E-state index is 0.115. The average Bonchev–Trinajstić information content (AvgIpc) is 2.85. The van der Waals surface area contributed by atoms with Gasteiger partial charge in [-0.3, -0.25) is 4.79 Å². The highest BCUT2D eigenvalue weighted by Crippen LogP contribution is 2.32. The first-order chi connectivity index (χ1) is 15.6. The number of rotatable bonds is 7. The zero-order valence-electron chi connectivity index (χ0n) is 18.2. The number of hydrogen-bond acceptors (Lipinski definition) is 2. The first-order valence-corrected chi connectivity index (χ1v) is 10.8. The fourth-order valence-electron chi connectivity index (χ4n) is 3.94. The van der Waals surface area contributed by atoms with Crippen molar-refractivity contribution in [2.45, 2.75) is 19.1 Å². The van der Waals surface area contributed by atoms with Gasteiger partial charge in [0.15, 0.2) is 0 Å². The van der Waals surface area contributed by atoms with Gasteiger partial charge in [-0.15, -0.1) is 0 Å². The molecule has 4 rings (SSSR count). The normalized spacial score (nSPS) is 12.7. The SMILES string of the molecule is Cc1ccc([C@@](O)(CN(Cc2ccccc2)C(=O)c2ccccc2)c2ccccc2)cc1. The van der Waals surface area contributed by atoms with Crippen molar-refractivity contribution in [1.29, 1.82) is 0 Å². The third kappa shape index (κ3) is 4.79. The number of benzene rings is 4. The van der Waals surface area contributed by atoms with Gasteiger partial charge in [-0.25, -0.2) is 0 Å². The molecule has 3 nitrogen and oxygen atoms in total. The van der Waals surface area contributed by atoms with Gasteiger partial charge in [-0.05, 0) is 35.7 Å². The number of carbonyl (C=O) groups excluding carboxylic acids is 1. The van der Waals surface area contributed by atoms with Crippen LogP contribution >= 0.6 is 0 Å². The second kappa shape index (κ2) is 9.63. The Bertz CT molecular complexity index is 1140. The Kier molecular flexibility index (Phi) is 6.48. The molecule has 160 valence electrons. The maximum Gasteiger partial charge on any atom is 0.254 e. The second-order valence-corrected chi connectivity index (χ2v) is 8.11. The summed E-state index contributed by atoms with van der Waals surface area (Å²) in [7, 11) is 0. The molecule has 3 heteroatoms. The Labute approximate surface area is 189 Å². The summed E-state index contributed by atoms with van der Waals surface area (Å²) in [5.74, 6) is -0.115. The number of amides is 1. The Morgan fingerprint density at radius 3 is 1.81 bits per heavy atom. The van der Waals surface area contributed by atoms with E-state index in [0.29, 0.717) is 12.1 Å². The van der Waals surface area contributed by atoms with E-state index in [4.69, 9.17) is 0 Å². The van der Waals surface area contributed by atoms with E-state index in [2.05, 4.69) is 0 Å². The lowest BCUT2D eigenvalue weighted by Gasteiger charge is -2.35. The second-order valence-electron chi connectivity index (χ2n) is 8.11. The van der Waals surface area contributed by atoms with Crippen molar-refractivity contribution < 1.29 is 9.90 Å². The average molecular weight is 422 g/mol. The number of aliphatic hydroxyl groups is 1. The highest BCUT2D eigenvalue weighted by Gasteiger charge is 2.35. The molecule has 0 heterocycles. The van der Waals surface area contributed by atoms with Crippen LogP contribution in [-0.2, 0) is 12.1 Å². The van der Waals surface area contributed by atoms with Crippen molar-refractivity contribution in [3.63, 3.8) is 0 Å². The zero-order valence-corrected chi connectivity index (χ0v) is 18.2. The molecule has 0 aromatic heterocycles.